The third kappa shape index (κ3) is 4.79. The van der Waals surface area contributed by atoms with Crippen LogP contribution in [-0.4, -0.2) is 53.7 Å². The molecule has 0 radical (unpaired) electrons. The Balaban J connectivity index is 2.37. The van der Waals surface area contributed by atoms with Gasteiger partial charge < -0.3 is 15.3 Å². The van der Waals surface area contributed by atoms with E-state index < -0.39 is 12.0 Å². The van der Waals surface area contributed by atoms with Crippen LogP contribution in [0.2, 0.25) is 0 Å². The molecule has 0 spiro atoms. The fraction of sp³-hybridized carbons (Fsp3) is 0.700. The Bertz CT molecular complexity index is 384. The molecule has 0 aliphatic rings. The van der Waals surface area contributed by atoms with Crippen LogP contribution in [0.25, 0.3) is 0 Å². The van der Waals surface area contributed by atoms with E-state index in [1.807, 2.05) is 25.9 Å². The lowest BCUT2D eigenvalue weighted by molar-refractivity contribution is -0.139. The Morgan fingerprint density at radius 1 is 1.56 bits per heavy atom. The maximum atomic E-state index is 10.9. The number of hydrogen-bond donors (Lipinski definition) is 2. The summed E-state index contributed by atoms with van der Waals surface area (Å²) in [5.74, 6) is -0.0878. The van der Waals surface area contributed by atoms with E-state index in [0.717, 1.165) is 9.47 Å². The predicted molar refractivity (Wildman–Crippen MR) is 74.7 cm³/mol. The minimum absolute atomic E-state index is 0.483. The largest absolute Gasteiger partial charge is 0.480 e. The van der Waals surface area contributed by atoms with Crippen LogP contribution in [0.5, 0.6) is 0 Å². The molecule has 1 aromatic heterocycles. The second-order valence-electron chi connectivity index (χ2n) is 3.83. The molecule has 6 nitrogen and oxygen atoms in total. The average molecular weight is 290 g/mol. The zero-order chi connectivity index (χ0) is 13.5. The molecule has 18 heavy (non-hydrogen) atoms. The lowest BCUT2D eigenvalue weighted by Crippen LogP contribution is -2.36. The summed E-state index contributed by atoms with van der Waals surface area (Å²) in [5, 5.41) is 20.8. The second-order valence-corrected chi connectivity index (χ2v) is 6.13. The highest BCUT2D eigenvalue weighted by Gasteiger charge is 2.16. The van der Waals surface area contributed by atoms with Crippen LogP contribution in [0, 0.1) is 0 Å². The molecule has 0 amide bonds. The number of carboxylic acid groups (broad SMARTS) is 1. The van der Waals surface area contributed by atoms with E-state index in [4.69, 9.17) is 5.11 Å². The Morgan fingerprint density at radius 2 is 2.28 bits per heavy atom. The van der Waals surface area contributed by atoms with E-state index in [9.17, 15) is 4.79 Å². The molecule has 1 unspecified atom stereocenters. The molecule has 0 bridgehead atoms. The average Bonchev–Trinajstić information content (AvgIpc) is 2.76. The van der Waals surface area contributed by atoms with Crippen LogP contribution in [0.1, 0.15) is 13.3 Å². The van der Waals surface area contributed by atoms with Crippen LogP contribution >= 0.6 is 23.1 Å². The normalized spacial score (nSPS) is 12.4. The minimum Gasteiger partial charge on any atom is -0.480 e. The maximum absolute atomic E-state index is 10.9. The van der Waals surface area contributed by atoms with E-state index in [1.54, 1.807) is 11.8 Å². The van der Waals surface area contributed by atoms with Crippen molar-refractivity contribution in [2.45, 2.75) is 23.7 Å². The number of aliphatic carboxylic acids is 1. The maximum Gasteiger partial charge on any atom is 0.320 e. The van der Waals surface area contributed by atoms with Crippen molar-refractivity contribution in [1.29, 1.82) is 0 Å². The molecule has 0 aromatic carbocycles. The summed E-state index contributed by atoms with van der Waals surface area (Å²) in [7, 11) is 3.83. The summed E-state index contributed by atoms with van der Waals surface area (Å²) in [6.45, 7) is 2.56. The zero-order valence-corrected chi connectivity index (χ0v) is 12.3. The minimum atomic E-state index is -0.802. The highest BCUT2D eigenvalue weighted by Crippen LogP contribution is 2.27. The Hall–Kier alpha value is -0.860. The Morgan fingerprint density at radius 3 is 2.78 bits per heavy atom. The molecule has 1 heterocycles. The van der Waals surface area contributed by atoms with Crippen molar-refractivity contribution < 1.29 is 9.90 Å². The van der Waals surface area contributed by atoms with Crippen molar-refractivity contribution in [1.82, 2.24) is 15.5 Å². The van der Waals surface area contributed by atoms with Gasteiger partial charge in [0.2, 0.25) is 5.13 Å². The number of carboxylic acids is 1. The topological polar surface area (TPSA) is 78.4 Å². The smallest absolute Gasteiger partial charge is 0.320 e. The monoisotopic (exact) mass is 290 g/mol. The van der Waals surface area contributed by atoms with E-state index in [1.165, 1.54) is 11.3 Å². The molecule has 0 saturated heterocycles. The first kappa shape index (κ1) is 15.2. The van der Waals surface area contributed by atoms with Crippen LogP contribution in [0.4, 0.5) is 5.13 Å². The summed E-state index contributed by atoms with van der Waals surface area (Å²) in [4.78, 5) is 12.8. The molecule has 2 N–H and O–H groups in total. The van der Waals surface area contributed by atoms with E-state index in [0.29, 0.717) is 18.7 Å². The third-order valence-corrected chi connectivity index (χ3v) is 4.42. The van der Waals surface area contributed by atoms with E-state index in [-0.39, 0.29) is 0 Å². The van der Waals surface area contributed by atoms with Crippen molar-refractivity contribution in [3.63, 3.8) is 0 Å². The number of likely N-dealkylation sites (N-methyl/N-ethyl adjacent to an activating group) is 1. The molecular weight excluding hydrogens is 272 g/mol. The van der Waals surface area contributed by atoms with Gasteiger partial charge in [-0.15, -0.1) is 10.2 Å². The summed E-state index contributed by atoms with van der Waals surface area (Å²) in [6, 6.07) is -0.483. The fourth-order valence-corrected chi connectivity index (χ4v) is 3.10. The molecule has 1 atom stereocenters. The van der Waals surface area contributed by atoms with Gasteiger partial charge in [-0.05, 0) is 13.0 Å². The number of thioether (sulfide) groups is 1. The lowest BCUT2D eigenvalue weighted by atomic mass is 10.2. The van der Waals surface area contributed by atoms with Gasteiger partial charge in [0.05, 0.1) is 0 Å². The molecule has 0 aliphatic carbocycles. The van der Waals surface area contributed by atoms with Gasteiger partial charge in [0, 0.05) is 19.8 Å². The van der Waals surface area contributed by atoms with Crippen molar-refractivity contribution in [2.75, 3.05) is 31.3 Å². The van der Waals surface area contributed by atoms with Crippen LogP contribution in [0.15, 0.2) is 4.34 Å². The van der Waals surface area contributed by atoms with Crippen LogP contribution in [-0.2, 0) is 4.79 Å². The highest BCUT2D eigenvalue weighted by molar-refractivity contribution is 8.01. The zero-order valence-electron chi connectivity index (χ0n) is 10.7. The number of carbonyl (C=O) groups is 1. The summed E-state index contributed by atoms with van der Waals surface area (Å²) in [6.07, 6.45) is 0.574. The lowest BCUT2D eigenvalue weighted by Gasteiger charge is -2.11. The first-order valence-electron chi connectivity index (χ1n) is 5.64. The fourth-order valence-electron chi connectivity index (χ4n) is 1.26. The second kappa shape index (κ2) is 7.55. The molecule has 1 aromatic rings. The number of nitrogens with zero attached hydrogens (tertiary/aromatic N) is 3. The molecule has 0 fully saturated rings. The van der Waals surface area contributed by atoms with E-state index >= 15 is 0 Å². The highest BCUT2D eigenvalue weighted by atomic mass is 32.2. The van der Waals surface area contributed by atoms with Gasteiger partial charge >= 0.3 is 5.97 Å². The number of anilines is 1. The third-order valence-electron chi connectivity index (χ3n) is 2.16. The van der Waals surface area contributed by atoms with Crippen LogP contribution in [0.3, 0.4) is 0 Å². The number of nitrogens with one attached hydrogen (secondary N) is 1. The van der Waals surface area contributed by atoms with Gasteiger partial charge in [0.1, 0.15) is 6.04 Å². The molecule has 0 aliphatic heterocycles. The molecular formula is C10H18N4O2S2. The van der Waals surface area contributed by atoms with Crippen LogP contribution < -0.4 is 10.2 Å². The van der Waals surface area contributed by atoms with Gasteiger partial charge in [-0.3, -0.25) is 4.79 Å². The molecule has 0 saturated carbocycles. The molecule has 102 valence electrons. The SMILES string of the molecule is CCNC(CCSc1nnc(N(C)C)s1)C(=O)O. The van der Waals surface area contributed by atoms with Gasteiger partial charge in [0.25, 0.3) is 0 Å². The van der Waals surface area contributed by atoms with Crippen molar-refractivity contribution in [3.8, 4) is 0 Å². The first-order chi connectivity index (χ1) is 8.54. The predicted octanol–water partition coefficient (Wildman–Crippen LogP) is 1.15. The van der Waals surface area contributed by atoms with Gasteiger partial charge in [-0.2, -0.15) is 0 Å². The summed E-state index contributed by atoms with van der Waals surface area (Å²) >= 11 is 3.06. The van der Waals surface area contributed by atoms with Crippen molar-refractivity contribution >= 4 is 34.2 Å². The quantitative estimate of drug-likeness (QED) is 0.695. The van der Waals surface area contributed by atoms with Gasteiger partial charge in [0.15, 0.2) is 4.34 Å². The van der Waals surface area contributed by atoms with Crippen molar-refractivity contribution in [2.24, 2.45) is 0 Å². The first-order valence-corrected chi connectivity index (χ1v) is 7.44. The molecule has 1 rings (SSSR count). The number of hydrogen-bond acceptors (Lipinski definition) is 7. The summed E-state index contributed by atoms with van der Waals surface area (Å²) < 4.78 is 0.874. The standard InChI is InChI=1S/C10H18N4O2S2/c1-4-11-7(8(15)16)5-6-17-10-13-12-9(18-10)14(2)3/h7,11H,4-6H2,1-3H3,(H,15,16). The van der Waals surface area contributed by atoms with Gasteiger partial charge in [-0.1, -0.05) is 30.0 Å². The Labute approximate surface area is 115 Å². The summed E-state index contributed by atoms with van der Waals surface area (Å²) in [5.41, 5.74) is 0. The number of aromatic nitrogens is 2. The van der Waals surface area contributed by atoms with Crippen molar-refractivity contribution in [3.05, 3.63) is 0 Å². The molecule has 8 heteroatoms. The number of rotatable bonds is 8. The Kier molecular flexibility index (Phi) is 6.37. The van der Waals surface area contributed by atoms with Gasteiger partial charge in [-0.25, -0.2) is 0 Å². The van der Waals surface area contributed by atoms with E-state index in [2.05, 4.69) is 15.5 Å².